The van der Waals surface area contributed by atoms with Gasteiger partial charge in [0.2, 0.25) is 0 Å². The number of hydrogen-bond acceptors (Lipinski definition) is 3. The van der Waals surface area contributed by atoms with Crippen LogP contribution in [0.2, 0.25) is 5.02 Å². The molecular weight excluding hydrogens is 332 g/mol. The SMILES string of the molecule is CN(C)CCC[C@@]1(O)c2ccccc2CCC[C@@H]1c1cncc(Cl)c1. The van der Waals surface area contributed by atoms with E-state index >= 15 is 0 Å². The molecule has 3 rings (SSSR count). The van der Waals surface area contributed by atoms with Gasteiger partial charge in [-0.05, 0) is 75.5 Å². The standard InChI is InChI=1S/C21H27ClN2O/c1-24(2)12-6-11-21(25)19-9-4-3-7-16(19)8-5-10-20(21)17-13-18(22)15-23-14-17/h3-4,7,9,13-15,20,25H,5-6,8,10-12H2,1-2H3/t20-,21-/m1/s1. The van der Waals surface area contributed by atoms with E-state index in [-0.39, 0.29) is 5.92 Å². The molecule has 0 saturated heterocycles. The van der Waals surface area contributed by atoms with Crippen molar-refractivity contribution in [2.45, 2.75) is 43.6 Å². The zero-order valence-electron chi connectivity index (χ0n) is 15.1. The molecule has 3 nitrogen and oxygen atoms in total. The fraction of sp³-hybridized carbons (Fsp3) is 0.476. The highest BCUT2D eigenvalue weighted by atomic mass is 35.5. The molecule has 1 aliphatic rings. The van der Waals surface area contributed by atoms with Crippen LogP contribution in [-0.4, -0.2) is 35.6 Å². The van der Waals surface area contributed by atoms with Gasteiger partial charge in [-0.3, -0.25) is 4.98 Å². The Morgan fingerprint density at radius 3 is 2.84 bits per heavy atom. The molecule has 1 aromatic heterocycles. The molecule has 0 spiro atoms. The number of aliphatic hydroxyl groups is 1. The lowest BCUT2D eigenvalue weighted by molar-refractivity contribution is -0.00614. The summed E-state index contributed by atoms with van der Waals surface area (Å²) in [6.45, 7) is 0.963. The van der Waals surface area contributed by atoms with Gasteiger partial charge in [-0.1, -0.05) is 35.9 Å². The van der Waals surface area contributed by atoms with Gasteiger partial charge in [0.25, 0.3) is 0 Å². The zero-order chi connectivity index (χ0) is 17.9. The Bertz CT molecular complexity index is 719. The third-order valence-electron chi connectivity index (χ3n) is 5.29. The van der Waals surface area contributed by atoms with Crippen molar-refractivity contribution in [3.8, 4) is 0 Å². The summed E-state index contributed by atoms with van der Waals surface area (Å²) < 4.78 is 0. The monoisotopic (exact) mass is 358 g/mol. The molecule has 2 aromatic rings. The Balaban J connectivity index is 2.02. The third kappa shape index (κ3) is 4.05. The fourth-order valence-electron chi connectivity index (χ4n) is 4.12. The van der Waals surface area contributed by atoms with Gasteiger partial charge in [-0.25, -0.2) is 0 Å². The Hall–Kier alpha value is -1.42. The minimum Gasteiger partial charge on any atom is -0.385 e. The number of rotatable bonds is 5. The summed E-state index contributed by atoms with van der Waals surface area (Å²) in [6.07, 6.45) is 8.21. The molecule has 25 heavy (non-hydrogen) atoms. The molecule has 0 amide bonds. The van der Waals surface area contributed by atoms with Crippen molar-refractivity contribution in [3.63, 3.8) is 0 Å². The second-order valence-corrected chi connectivity index (χ2v) is 7.81. The van der Waals surface area contributed by atoms with Crippen LogP contribution < -0.4 is 0 Å². The lowest BCUT2D eigenvalue weighted by atomic mass is 9.73. The molecule has 1 aromatic carbocycles. The highest BCUT2D eigenvalue weighted by Gasteiger charge is 2.41. The smallest absolute Gasteiger partial charge is 0.0968 e. The summed E-state index contributed by atoms with van der Waals surface area (Å²) in [6, 6.07) is 10.3. The Labute approximate surface area is 155 Å². The quantitative estimate of drug-likeness (QED) is 0.805. The van der Waals surface area contributed by atoms with Crippen molar-refractivity contribution in [3.05, 3.63) is 64.4 Å². The predicted octanol–water partition coefficient (Wildman–Crippen LogP) is 4.38. The number of hydrogen-bond donors (Lipinski definition) is 1. The van der Waals surface area contributed by atoms with E-state index in [1.807, 2.05) is 18.3 Å². The molecule has 0 unspecified atom stereocenters. The highest BCUT2D eigenvalue weighted by Crippen LogP contribution is 2.47. The van der Waals surface area contributed by atoms with Gasteiger partial charge in [0, 0.05) is 18.3 Å². The maximum Gasteiger partial charge on any atom is 0.0968 e. The van der Waals surface area contributed by atoms with Crippen LogP contribution in [0.15, 0.2) is 42.7 Å². The van der Waals surface area contributed by atoms with Crippen molar-refractivity contribution in [2.75, 3.05) is 20.6 Å². The number of aryl methyl sites for hydroxylation is 1. The number of halogens is 1. The fourth-order valence-corrected chi connectivity index (χ4v) is 4.30. The van der Waals surface area contributed by atoms with Gasteiger partial charge in [-0.2, -0.15) is 0 Å². The Kier molecular flexibility index (Phi) is 5.78. The molecule has 1 N–H and O–H groups in total. The van der Waals surface area contributed by atoms with Crippen LogP contribution >= 0.6 is 11.6 Å². The molecule has 1 aliphatic carbocycles. The minimum absolute atomic E-state index is 0.0181. The van der Waals surface area contributed by atoms with E-state index in [2.05, 4.69) is 42.2 Å². The molecule has 1 heterocycles. The first-order valence-electron chi connectivity index (χ1n) is 9.06. The lowest BCUT2D eigenvalue weighted by Gasteiger charge is -2.37. The van der Waals surface area contributed by atoms with Crippen LogP contribution in [0, 0.1) is 0 Å². The molecule has 134 valence electrons. The highest BCUT2D eigenvalue weighted by molar-refractivity contribution is 6.30. The normalized spacial score (nSPS) is 23.3. The number of fused-ring (bicyclic) bond motifs is 1. The largest absolute Gasteiger partial charge is 0.385 e. The number of pyridine rings is 1. The van der Waals surface area contributed by atoms with Crippen molar-refractivity contribution in [1.82, 2.24) is 9.88 Å². The van der Waals surface area contributed by atoms with Gasteiger partial charge < -0.3 is 10.0 Å². The summed E-state index contributed by atoms with van der Waals surface area (Å²) >= 11 is 6.19. The molecule has 0 fully saturated rings. The molecule has 0 aliphatic heterocycles. The van der Waals surface area contributed by atoms with Crippen molar-refractivity contribution in [1.29, 1.82) is 0 Å². The van der Waals surface area contributed by atoms with Gasteiger partial charge in [0.15, 0.2) is 0 Å². The van der Waals surface area contributed by atoms with Crippen LogP contribution in [0.3, 0.4) is 0 Å². The average Bonchev–Trinajstić information content (AvgIpc) is 2.72. The summed E-state index contributed by atoms with van der Waals surface area (Å²) in [5, 5.41) is 12.6. The Morgan fingerprint density at radius 2 is 2.08 bits per heavy atom. The summed E-state index contributed by atoms with van der Waals surface area (Å²) in [5.41, 5.74) is 2.51. The second-order valence-electron chi connectivity index (χ2n) is 7.37. The van der Waals surface area contributed by atoms with E-state index in [0.29, 0.717) is 5.02 Å². The summed E-state index contributed by atoms with van der Waals surface area (Å²) in [5.74, 6) is 0.0181. The van der Waals surface area contributed by atoms with Crippen LogP contribution in [-0.2, 0) is 12.0 Å². The van der Waals surface area contributed by atoms with Crippen LogP contribution in [0.4, 0.5) is 0 Å². The molecule has 0 radical (unpaired) electrons. The maximum atomic E-state index is 11.9. The number of aromatic nitrogens is 1. The first-order chi connectivity index (χ1) is 12.0. The number of nitrogens with zero attached hydrogens (tertiary/aromatic N) is 2. The topological polar surface area (TPSA) is 36.4 Å². The molecule has 0 bridgehead atoms. The second kappa shape index (κ2) is 7.86. The summed E-state index contributed by atoms with van der Waals surface area (Å²) in [4.78, 5) is 6.44. The molecule has 0 saturated carbocycles. The molecular formula is C21H27ClN2O. The molecule has 2 atom stereocenters. The zero-order valence-corrected chi connectivity index (χ0v) is 15.8. The van der Waals surface area contributed by atoms with Crippen molar-refractivity contribution in [2.24, 2.45) is 0 Å². The first-order valence-corrected chi connectivity index (χ1v) is 9.44. The van der Waals surface area contributed by atoms with Gasteiger partial charge >= 0.3 is 0 Å². The third-order valence-corrected chi connectivity index (χ3v) is 5.50. The van der Waals surface area contributed by atoms with E-state index < -0.39 is 5.60 Å². The maximum absolute atomic E-state index is 11.9. The first kappa shape index (κ1) is 18.4. The van der Waals surface area contributed by atoms with Crippen LogP contribution in [0.5, 0.6) is 0 Å². The van der Waals surface area contributed by atoms with Gasteiger partial charge in [0.1, 0.15) is 0 Å². The van der Waals surface area contributed by atoms with E-state index in [4.69, 9.17) is 11.6 Å². The van der Waals surface area contributed by atoms with E-state index in [1.54, 1.807) is 6.20 Å². The van der Waals surface area contributed by atoms with E-state index in [0.717, 1.165) is 49.8 Å². The van der Waals surface area contributed by atoms with E-state index in [9.17, 15) is 5.11 Å². The summed E-state index contributed by atoms with van der Waals surface area (Å²) in [7, 11) is 4.15. The van der Waals surface area contributed by atoms with Crippen molar-refractivity contribution >= 4 is 11.6 Å². The van der Waals surface area contributed by atoms with Crippen LogP contribution in [0.25, 0.3) is 0 Å². The van der Waals surface area contributed by atoms with Gasteiger partial charge in [-0.15, -0.1) is 0 Å². The number of benzene rings is 1. The Morgan fingerprint density at radius 1 is 1.28 bits per heavy atom. The van der Waals surface area contributed by atoms with E-state index in [1.165, 1.54) is 5.56 Å². The predicted molar refractivity (Wildman–Crippen MR) is 103 cm³/mol. The lowest BCUT2D eigenvalue weighted by Crippen LogP contribution is -2.34. The van der Waals surface area contributed by atoms with Crippen molar-refractivity contribution < 1.29 is 5.11 Å². The average molecular weight is 359 g/mol. The van der Waals surface area contributed by atoms with Gasteiger partial charge in [0.05, 0.1) is 10.6 Å². The van der Waals surface area contributed by atoms with Crippen LogP contribution in [0.1, 0.15) is 48.3 Å². The minimum atomic E-state index is -0.879. The molecule has 4 heteroatoms.